The summed E-state index contributed by atoms with van der Waals surface area (Å²) in [6, 6.07) is 34.6. The van der Waals surface area contributed by atoms with Gasteiger partial charge in [0.05, 0.1) is 11.3 Å². The lowest BCUT2D eigenvalue weighted by Crippen LogP contribution is -2.19. The zero-order chi connectivity index (χ0) is 38.7. The Kier molecular flexibility index (Phi) is 15.4. The van der Waals surface area contributed by atoms with Gasteiger partial charge in [-0.1, -0.05) is 54.6 Å². The number of Topliss-reactive ketones (excluding diaryl/α,β-unsaturated/α-hetero) is 1. The summed E-state index contributed by atoms with van der Waals surface area (Å²) in [4.78, 5) is 45.2. The number of rotatable bonds is 12. The van der Waals surface area contributed by atoms with Gasteiger partial charge in [-0.15, -0.1) is 0 Å². The van der Waals surface area contributed by atoms with Crippen LogP contribution < -0.4 is 14.4 Å². The van der Waals surface area contributed by atoms with Gasteiger partial charge in [0, 0.05) is 58.2 Å². The molecule has 15 heteroatoms. The summed E-state index contributed by atoms with van der Waals surface area (Å²) in [5.74, 6) is -0.0109. The first-order valence-corrected chi connectivity index (χ1v) is 19.6. The standard InChI is InChI=1S/C24H20BrN2O3P.C11H8BrN3O.C5H4N2O/c25-19-16-17-23(26-18-19)24(27-20-10-4-1-5-11-20)31(28,29-21-12-6-2-7-13-21)30-22-14-8-3-9-15-22;12-9-1-2-10(15-6-9)11(16)3-8-4-13-7-14-5-8;8-3-5-1-6-4-7-2-5/h1-18,24,27H;1-2,4-7H,3H2;1-4H. The lowest BCUT2D eigenvalue weighted by Gasteiger charge is -2.28. The molecule has 0 aliphatic rings. The summed E-state index contributed by atoms with van der Waals surface area (Å²) in [7, 11) is -3.86. The van der Waals surface area contributed by atoms with Crippen LogP contribution in [0.2, 0.25) is 0 Å². The highest BCUT2D eigenvalue weighted by molar-refractivity contribution is 9.10. The molecule has 7 rings (SSSR count). The highest BCUT2D eigenvalue weighted by atomic mass is 79.9. The van der Waals surface area contributed by atoms with E-state index < -0.39 is 13.4 Å². The summed E-state index contributed by atoms with van der Waals surface area (Å²) in [6.07, 6.45) is 13.2. The van der Waals surface area contributed by atoms with Gasteiger partial charge in [-0.2, -0.15) is 0 Å². The van der Waals surface area contributed by atoms with E-state index in [2.05, 4.69) is 67.1 Å². The number of hydrogen-bond acceptors (Lipinski definition) is 12. The Hall–Kier alpha value is -5.95. The first kappa shape index (κ1) is 40.2. The molecule has 0 fully saturated rings. The number of halogens is 2. The van der Waals surface area contributed by atoms with Crippen LogP contribution in [-0.2, 0) is 11.0 Å². The van der Waals surface area contributed by atoms with Crippen LogP contribution in [0, 0.1) is 0 Å². The third kappa shape index (κ3) is 13.1. The summed E-state index contributed by atoms with van der Waals surface area (Å²) < 4.78 is 28.1. The Morgan fingerprint density at radius 1 is 0.655 bits per heavy atom. The maximum absolute atomic E-state index is 14.4. The Bertz CT molecular complexity index is 2200. The van der Waals surface area contributed by atoms with E-state index in [1.54, 1.807) is 67.3 Å². The van der Waals surface area contributed by atoms with Crippen LogP contribution in [-0.4, -0.2) is 42.0 Å². The van der Waals surface area contributed by atoms with E-state index in [0.717, 1.165) is 20.2 Å². The van der Waals surface area contributed by atoms with Crippen molar-refractivity contribution >= 4 is 57.2 Å². The number of pyridine rings is 2. The first-order chi connectivity index (χ1) is 26.8. The van der Waals surface area contributed by atoms with Gasteiger partial charge < -0.3 is 14.4 Å². The van der Waals surface area contributed by atoms with Gasteiger partial charge in [-0.05, 0) is 98.1 Å². The highest BCUT2D eigenvalue weighted by Crippen LogP contribution is 2.59. The van der Waals surface area contributed by atoms with Crippen molar-refractivity contribution in [2.24, 2.45) is 0 Å². The molecule has 0 aliphatic carbocycles. The second-order valence-corrected chi connectivity index (χ2v) is 15.0. The molecule has 0 bridgehead atoms. The topological polar surface area (TPSA) is 159 Å². The van der Waals surface area contributed by atoms with E-state index in [-0.39, 0.29) is 12.2 Å². The monoisotopic (exact) mass is 879 g/mol. The van der Waals surface area contributed by atoms with Crippen LogP contribution in [0.25, 0.3) is 0 Å². The first-order valence-electron chi connectivity index (χ1n) is 16.4. The van der Waals surface area contributed by atoms with E-state index in [4.69, 9.17) is 9.05 Å². The van der Waals surface area contributed by atoms with Gasteiger partial charge in [0.1, 0.15) is 29.8 Å². The predicted molar refractivity (Wildman–Crippen MR) is 216 cm³/mol. The van der Waals surface area contributed by atoms with Crippen LogP contribution in [0.5, 0.6) is 11.5 Å². The van der Waals surface area contributed by atoms with Crippen molar-refractivity contribution in [1.82, 2.24) is 29.9 Å². The molecule has 7 aromatic rings. The van der Waals surface area contributed by atoms with E-state index in [1.807, 2.05) is 72.8 Å². The highest BCUT2D eigenvalue weighted by Gasteiger charge is 2.42. The largest absolute Gasteiger partial charge is 0.459 e. The van der Waals surface area contributed by atoms with Crippen molar-refractivity contribution in [2.45, 2.75) is 12.2 Å². The van der Waals surface area contributed by atoms with Gasteiger partial charge in [-0.3, -0.25) is 19.6 Å². The average Bonchev–Trinajstić information content (AvgIpc) is 3.23. The molecule has 4 aromatic heterocycles. The second-order valence-electron chi connectivity index (χ2n) is 11.2. The Morgan fingerprint density at radius 2 is 1.16 bits per heavy atom. The van der Waals surface area contributed by atoms with Gasteiger partial charge in [0.2, 0.25) is 0 Å². The lowest BCUT2D eigenvalue weighted by atomic mass is 10.1. The molecule has 0 radical (unpaired) electrons. The van der Waals surface area contributed by atoms with Gasteiger partial charge in [-0.25, -0.2) is 24.5 Å². The fourth-order valence-corrected chi connectivity index (χ4v) is 6.88. The minimum Gasteiger partial charge on any atom is -0.414 e. The molecule has 1 N–H and O–H groups in total. The SMILES string of the molecule is O=C(Cc1cncnc1)c1ccc(Br)cn1.O=Cc1cncnc1.O=P(Oc1ccccc1)(Oc1ccccc1)C(Nc1ccccc1)c1ccc(Br)cn1. The molecular formula is C40H32Br2N7O5P. The van der Waals surface area contributed by atoms with Crippen LogP contribution >= 0.6 is 39.5 Å². The van der Waals surface area contributed by atoms with E-state index in [1.165, 1.54) is 25.0 Å². The maximum Gasteiger partial charge on any atom is 0.459 e. The number of nitrogens with one attached hydrogen (secondary N) is 1. The van der Waals surface area contributed by atoms with Crippen LogP contribution in [0.15, 0.2) is 174 Å². The smallest absolute Gasteiger partial charge is 0.414 e. The fourth-order valence-electron chi connectivity index (χ4n) is 4.55. The molecule has 1 unspecified atom stereocenters. The zero-order valence-electron chi connectivity index (χ0n) is 28.9. The molecule has 0 aliphatic heterocycles. The van der Waals surface area contributed by atoms with Crippen LogP contribution in [0.3, 0.4) is 0 Å². The molecule has 3 aromatic carbocycles. The quantitative estimate of drug-likeness (QED) is 0.0705. The molecule has 0 spiro atoms. The number of para-hydroxylation sites is 3. The second kappa shape index (κ2) is 21.1. The number of hydrogen-bond donors (Lipinski definition) is 1. The fraction of sp³-hybridized carbons (Fsp3) is 0.0500. The molecule has 0 saturated carbocycles. The summed E-state index contributed by atoms with van der Waals surface area (Å²) >= 11 is 6.67. The molecular weight excluding hydrogens is 849 g/mol. The molecule has 0 saturated heterocycles. The van der Waals surface area contributed by atoms with Gasteiger partial charge in [0.15, 0.2) is 17.9 Å². The zero-order valence-corrected chi connectivity index (χ0v) is 32.9. The van der Waals surface area contributed by atoms with Crippen molar-refractivity contribution in [2.75, 3.05) is 5.32 Å². The van der Waals surface area contributed by atoms with Gasteiger partial charge >= 0.3 is 7.60 Å². The average molecular weight is 882 g/mol. The van der Waals surface area contributed by atoms with Crippen molar-refractivity contribution in [3.8, 4) is 11.5 Å². The molecule has 276 valence electrons. The molecule has 4 heterocycles. The lowest BCUT2D eigenvalue weighted by molar-refractivity contribution is 0.0987. The molecule has 12 nitrogen and oxygen atoms in total. The minimum absolute atomic E-state index is 0.0395. The Morgan fingerprint density at radius 3 is 1.64 bits per heavy atom. The van der Waals surface area contributed by atoms with Gasteiger partial charge in [0.25, 0.3) is 0 Å². The number of aromatic nitrogens is 6. The van der Waals surface area contributed by atoms with E-state index in [9.17, 15) is 14.2 Å². The van der Waals surface area contributed by atoms with Crippen LogP contribution in [0.1, 0.15) is 37.9 Å². The van der Waals surface area contributed by atoms with E-state index in [0.29, 0.717) is 34.7 Å². The number of carbonyl (C=O) groups excluding carboxylic acids is 2. The normalized spacial score (nSPS) is 10.9. The number of ketones is 1. The number of nitrogens with zero attached hydrogens (tertiary/aromatic N) is 6. The van der Waals surface area contributed by atoms with Crippen molar-refractivity contribution in [1.29, 1.82) is 0 Å². The van der Waals surface area contributed by atoms with Crippen molar-refractivity contribution in [3.63, 3.8) is 0 Å². The number of benzene rings is 3. The number of anilines is 1. The predicted octanol–water partition coefficient (Wildman–Crippen LogP) is 9.65. The molecule has 55 heavy (non-hydrogen) atoms. The summed E-state index contributed by atoms with van der Waals surface area (Å²) in [6.45, 7) is 0. The van der Waals surface area contributed by atoms with Crippen LogP contribution in [0.4, 0.5) is 5.69 Å². The number of aldehydes is 1. The number of carbonyl (C=O) groups is 2. The van der Waals surface area contributed by atoms with E-state index >= 15 is 0 Å². The molecule has 1 atom stereocenters. The third-order valence-electron chi connectivity index (χ3n) is 7.08. The summed E-state index contributed by atoms with van der Waals surface area (Å²) in [5, 5.41) is 3.30. The maximum atomic E-state index is 14.4. The Labute approximate surface area is 334 Å². The molecule has 0 amide bonds. The third-order valence-corrected chi connectivity index (χ3v) is 9.98. The summed E-state index contributed by atoms with van der Waals surface area (Å²) in [5.41, 5.74) is 3.05. The Balaban J connectivity index is 0.000000199. The van der Waals surface area contributed by atoms with Crippen molar-refractivity contribution < 1.29 is 23.2 Å². The van der Waals surface area contributed by atoms with Crippen molar-refractivity contribution in [3.05, 3.63) is 197 Å². The minimum atomic E-state index is -3.86.